The van der Waals surface area contributed by atoms with Crippen molar-refractivity contribution in [2.24, 2.45) is 10.7 Å². The third kappa shape index (κ3) is 3.15. The lowest BCUT2D eigenvalue weighted by Gasteiger charge is -2.23. The van der Waals surface area contributed by atoms with E-state index in [0.717, 1.165) is 0 Å². The Bertz CT molecular complexity index is 1090. The summed E-state index contributed by atoms with van der Waals surface area (Å²) in [6, 6.07) is 12.3. The Hall–Kier alpha value is -3.16. The number of benzene rings is 2. The number of nitrogens with zero attached hydrogens (tertiary/aromatic N) is 4. The summed E-state index contributed by atoms with van der Waals surface area (Å²) in [6.07, 6.45) is 2.78. The molecule has 2 heterocycles. The molecule has 3 aromatic rings. The van der Waals surface area contributed by atoms with Gasteiger partial charge in [-0.2, -0.15) is 0 Å². The van der Waals surface area contributed by atoms with Gasteiger partial charge in [0.2, 0.25) is 0 Å². The van der Waals surface area contributed by atoms with Gasteiger partial charge >= 0.3 is 0 Å². The molecule has 0 saturated heterocycles. The van der Waals surface area contributed by atoms with Crippen LogP contribution in [0.4, 0.5) is 10.1 Å². The Morgan fingerprint density at radius 2 is 1.79 bits per heavy atom. The summed E-state index contributed by atoms with van der Waals surface area (Å²) in [6.45, 7) is -0.0690. The fourth-order valence-electron chi connectivity index (χ4n) is 3.17. The number of nitrogens with two attached hydrogens (primary N) is 1. The molecule has 1 amide bonds. The van der Waals surface area contributed by atoms with Crippen LogP contribution in [0, 0.1) is 5.82 Å². The summed E-state index contributed by atoms with van der Waals surface area (Å²) in [7, 11) is 0. The third-order valence-corrected chi connectivity index (χ3v) is 4.61. The standard InChI is InChI=1S/C20H15ClFN5O/c21-17-10-24-9-15(25-17)19-20(28)27(11-23)16-8-4-2-6-13(16)18(26-19)12-5-1-3-7-14(12)22/h1-10,19H,11,23H2. The van der Waals surface area contributed by atoms with E-state index in [2.05, 4.69) is 15.0 Å². The lowest BCUT2D eigenvalue weighted by molar-refractivity contribution is -0.119. The van der Waals surface area contributed by atoms with Crippen LogP contribution >= 0.6 is 11.6 Å². The van der Waals surface area contributed by atoms with Crippen molar-refractivity contribution in [2.75, 3.05) is 11.6 Å². The summed E-state index contributed by atoms with van der Waals surface area (Å²) in [5, 5.41) is 0.133. The van der Waals surface area contributed by atoms with Gasteiger partial charge in [-0.25, -0.2) is 9.37 Å². The van der Waals surface area contributed by atoms with Crippen LogP contribution in [0.15, 0.2) is 65.9 Å². The molecule has 1 aliphatic heterocycles. The first-order valence-corrected chi connectivity index (χ1v) is 8.89. The number of amides is 1. The van der Waals surface area contributed by atoms with Gasteiger partial charge in [0.05, 0.1) is 36.2 Å². The van der Waals surface area contributed by atoms with Crippen LogP contribution < -0.4 is 10.6 Å². The van der Waals surface area contributed by atoms with E-state index in [9.17, 15) is 9.18 Å². The highest BCUT2D eigenvalue weighted by Crippen LogP contribution is 2.33. The molecular formula is C20H15ClFN5O. The molecule has 0 spiro atoms. The molecular weight excluding hydrogens is 381 g/mol. The second-order valence-corrected chi connectivity index (χ2v) is 6.48. The van der Waals surface area contributed by atoms with E-state index in [4.69, 9.17) is 17.3 Å². The minimum Gasteiger partial charge on any atom is -0.313 e. The minimum atomic E-state index is -1.06. The number of aromatic nitrogens is 2. The summed E-state index contributed by atoms with van der Waals surface area (Å²) in [4.78, 5) is 27.4. The highest BCUT2D eigenvalue weighted by Gasteiger charge is 2.34. The van der Waals surface area contributed by atoms with Gasteiger partial charge in [-0.3, -0.25) is 19.7 Å². The number of anilines is 1. The molecule has 0 radical (unpaired) electrons. The van der Waals surface area contributed by atoms with Crippen LogP contribution in [-0.4, -0.2) is 28.3 Å². The average molecular weight is 396 g/mol. The van der Waals surface area contributed by atoms with Gasteiger partial charge in [-0.1, -0.05) is 41.9 Å². The lowest BCUT2D eigenvalue weighted by Crippen LogP contribution is -2.38. The normalized spacial score (nSPS) is 16.4. The van der Waals surface area contributed by atoms with E-state index >= 15 is 0 Å². The monoisotopic (exact) mass is 395 g/mol. The predicted octanol–water partition coefficient (Wildman–Crippen LogP) is 3.11. The number of fused-ring (bicyclic) bond motifs is 1. The van der Waals surface area contributed by atoms with E-state index in [-0.39, 0.29) is 23.1 Å². The zero-order chi connectivity index (χ0) is 19.7. The highest BCUT2D eigenvalue weighted by atomic mass is 35.5. The van der Waals surface area contributed by atoms with E-state index in [1.54, 1.807) is 42.5 Å². The maximum absolute atomic E-state index is 14.6. The average Bonchev–Trinajstić information content (AvgIpc) is 2.82. The topological polar surface area (TPSA) is 84.5 Å². The molecule has 2 N–H and O–H groups in total. The fraction of sp³-hybridized carbons (Fsp3) is 0.100. The number of benzodiazepines with no additional fused rings is 1. The van der Waals surface area contributed by atoms with Crippen LogP contribution in [-0.2, 0) is 4.79 Å². The van der Waals surface area contributed by atoms with Crippen molar-refractivity contribution in [3.63, 3.8) is 0 Å². The molecule has 1 atom stereocenters. The van der Waals surface area contributed by atoms with E-state index < -0.39 is 17.8 Å². The largest absolute Gasteiger partial charge is 0.313 e. The van der Waals surface area contributed by atoms with Crippen LogP contribution in [0.2, 0.25) is 5.15 Å². The van der Waals surface area contributed by atoms with Crippen molar-refractivity contribution in [1.29, 1.82) is 0 Å². The molecule has 140 valence electrons. The SMILES string of the molecule is NCN1C(=O)C(c2cncc(Cl)n2)N=C(c2ccccc2F)c2ccccc21. The minimum absolute atomic E-state index is 0.0690. The predicted molar refractivity (Wildman–Crippen MR) is 105 cm³/mol. The molecule has 6 nitrogen and oxygen atoms in total. The Balaban J connectivity index is 2.00. The maximum Gasteiger partial charge on any atom is 0.259 e. The molecule has 28 heavy (non-hydrogen) atoms. The number of para-hydroxylation sites is 1. The zero-order valence-corrected chi connectivity index (χ0v) is 15.3. The number of carbonyl (C=O) groups excluding carboxylic acids is 1. The number of halogens is 2. The molecule has 0 bridgehead atoms. The smallest absolute Gasteiger partial charge is 0.259 e. The van der Waals surface area contributed by atoms with Crippen LogP contribution in [0.1, 0.15) is 22.9 Å². The van der Waals surface area contributed by atoms with Crippen molar-refractivity contribution >= 4 is 28.9 Å². The number of carbonyl (C=O) groups is 1. The molecule has 1 unspecified atom stereocenters. The Labute approximate surface area is 165 Å². The third-order valence-electron chi connectivity index (χ3n) is 4.42. The summed E-state index contributed by atoms with van der Waals surface area (Å²) in [5.74, 6) is -0.835. The van der Waals surface area contributed by atoms with Crippen molar-refractivity contribution in [3.8, 4) is 0 Å². The first kappa shape index (κ1) is 18.2. The van der Waals surface area contributed by atoms with Crippen molar-refractivity contribution < 1.29 is 9.18 Å². The second kappa shape index (κ2) is 7.46. The van der Waals surface area contributed by atoms with Gasteiger partial charge in [0.25, 0.3) is 5.91 Å². The maximum atomic E-state index is 14.6. The number of aliphatic imine (C=N–C) groups is 1. The molecule has 0 fully saturated rings. The van der Waals surface area contributed by atoms with Gasteiger partial charge in [0.15, 0.2) is 6.04 Å². The zero-order valence-electron chi connectivity index (χ0n) is 14.6. The molecule has 2 aromatic carbocycles. The molecule has 0 aliphatic carbocycles. The summed E-state index contributed by atoms with van der Waals surface area (Å²) >= 11 is 5.96. The van der Waals surface area contributed by atoms with Crippen LogP contribution in [0.3, 0.4) is 0 Å². The Kier molecular flexibility index (Phi) is 4.85. The van der Waals surface area contributed by atoms with Gasteiger partial charge < -0.3 is 5.73 Å². The van der Waals surface area contributed by atoms with Gasteiger partial charge in [0.1, 0.15) is 11.0 Å². The Morgan fingerprint density at radius 3 is 2.50 bits per heavy atom. The van der Waals surface area contributed by atoms with Crippen molar-refractivity contribution in [3.05, 3.63) is 88.7 Å². The molecule has 4 rings (SSSR count). The fourth-order valence-corrected chi connectivity index (χ4v) is 3.32. The molecule has 8 heteroatoms. The van der Waals surface area contributed by atoms with Gasteiger partial charge in [-0.15, -0.1) is 0 Å². The van der Waals surface area contributed by atoms with Crippen LogP contribution in [0.25, 0.3) is 0 Å². The van der Waals surface area contributed by atoms with Gasteiger partial charge in [-0.05, 0) is 18.2 Å². The number of hydrogen-bond donors (Lipinski definition) is 1. The first-order chi connectivity index (χ1) is 13.6. The lowest BCUT2D eigenvalue weighted by atomic mass is 10.00. The Morgan fingerprint density at radius 1 is 1.07 bits per heavy atom. The second-order valence-electron chi connectivity index (χ2n) is 6.09. The number of hydrogen-bond acceptors (Lipinski definition) is 5. The van der Waals surface area contributed by atoms with E-state index in [0.29, 0.717) is 17.0 Å². The summed E-state index contributed by atoms with van der Waals surface area (Å²) in [5.41, 5.74) is 7.91. The van der Waals surface area contributed by atoms with Crippen molar-refractivity contribution in [2.45, 2.75) is 6.04 Å². The summed E-state index contributed by atoms with van der Waals surface area (Å²) < 4.78 is 14.6. The van der Waals surface area contributed by atoms with Gasteiger partial charge in [0, 0.05) is 11.1 Å². The molecule has 0 saturated carbocycles. The van der Waals surface area contributed by atoms with Crippen LogP contribution in [0.5, 0.6) is 0 Å². The number of rotatable bonds is 3. The molecule has 1 aromatic heterocycles. The molecule has 1 aliphatic rings. The quantitative estimate of drug-likeness (QED) is 0.738. The first-order valence-electron chi connectivity index (χ1n) is 8.51. The van der Waals surface area contributed by atoms with E-state index in [1.807, 2.05) is 0 Å². The van der Waals surface area contributed by atoms with E-state index in [1.165, 1.54) is 23.4 Å². The van der Waals surface area contributed by atoms with Crippen molar-refractivity contribution in [1.82, 2.24) is 9.97 Å². The highest BCUT2D eigenvalue weighted by molar-refractivity contribution is 6.29.